The topological polar surface area (TPSA) is 62.3 Å². The lowest BCUT2D eigenvalue weighted by Gasteiger charge is -2.28. The van der Waals surface area contributed by atoms with Gasteiger partial charge in [0, 0.05) is 37.6 Å². The van der Waals surface area contributed by atoms with Crippen LogP contribution in [0, 0.1) is 5.41 Å². The number of carbonyl (C=O) groups is 2. The summed E-state index contributed by atoms with van der Waals surface area (Å²) in [6, 6.07) is 21.5. The molecule has 1 aromatic heterocycles. The fraction of sp³-hybridized carbons (Fsp3) is 0.269. The van der Waals surface area contributed by atoms with Gasteiger partial charge in [0.25, 0.3) is 5.91 Å². The van der Waals surface area contributed by atoms with Crippen molar-refractivity contribution in [1.29, 1.82) is 0 Å². The molecule has 0 unspecified atom stereocenters. The molecule has 1 saturated heterocycles. The van der Waals surface area contributed by atoms with Gasteiger partial charge in [0.2, 0.25) is 5.91 Å². The van der Waals surface area contributed by atoms with Crippen molar-refractivity contribution < 1.29 is 9.59 Å². The Morgan fingerprint density at radius 1 is 1.00 bits per heavy atom. The van der Waals surface area contributed by atoms with Gasteiger partial charge in [-0.1, -0.05) is 48.5 Å². The van der Waals surface area contributed by atoms with Gasteiger partial charge in [-0.05, 0) is 54.7 Å². The molecule has 2 amide bonds. The quantitative estimate of drug-likeness (QED) is 0.665. The summed E-state index contributed by atoms with van der Waals surface area (Å²) >= 11 is 0. The summed E-state index contributed by atoms with van der Waals surface area (Å²) in [5, 5.41) is 3.00. The lowest BCUT2D eigenvalue weighted by molar-refractivity contribution is -0.130. The van der Waals surface area contributed by atoms with E-state index in [2.05, 4.69) is 34.6 Å². The van der Waals surface area contributed by atoms with E-state index in [9.17, 15) is 9.59 Å². The van der Waals surface area contributed by atoms with Crippen LogP contribution in [0.2, 0.25) is 0 Å². The maximum Gasteiger partial charge on any atom is 0.253 e. The van der Waals surface area contributed by atoms with Crippen molar-refractivity contribution in [2.24, 2.45) is 5.41 Å². The number of benzene rings is 2. The molecule has 1 aliphatic heterocycles. The molecule has 1 N–H and O–H groups in total. The summed E-state index contributed by atoms with van der Waals surface area (Å²) in [5.74, 6) is 0.00777. The maximum atomic E-state index is 13.1. The number of amides is 2. The van der Waals surface area contributed by atoms with E-state index in [1.165, 1.54) is 0 Å². The maximum absolute atomic E-state index is 13.1. The first kappa shape index (κ1) is 20.8. The second kappa shape index (κ2) is 9.13. The molecule has 0 spiro atoms. The van der Waals surface area contributed by atoms with Crippen LogP contribution in [0.4, 0.5) is 0 Å². The molecule has 2 heterocycles. The van der Waals surface area contributed by atoms with Crippen LogP contribution < -0.4 is 5.32 Å². The van der Waals surface area contributed by atoms with E-state index in [4.69, 9.17) is 0 Å². The minimum absolute atomic E-state index is 0.0151. The van der Waals surface area contributed by atoms with Gasteiger partial charge in [0.05, 0.1) is 5.41 Å². The first-order valence-corrected chi connectivity index (χ1v) is 10.7. The van der Waals surface area contributed by atoms with Crippen molar-refractivity contribution in [2.75, 3.05) is 19.6 Å². The van der Waals surface area contributed by atoms with E-state index in [0.29, 0.717) is 38.0 Å². The van der Waals surface area contributed by atoms with E-state index < -0.39 is 5.41 Å². The smallest absolute Gasteiger partial charge is 0.253 e. The SMILES string of the molecule is CCNC(=O)[C@]1(Cc2ccc(-c3cccnc3)cc2)CCN(C(=O)c2ccccc2)C1. The predicted molar refractivity (Wildman–Crippen MR) is 121 cm³/mol. The molecule has 4 rings (SSSR count). The van der Waals surface area contributed by atoms with Crippen LogP contribution in [0.25, 0.3) is 11.1 Å². The van der Waals surface area contributed by atoms with Crippen LogP contribution in [0.3, 0.4) is 0 Å². The highest BCUT2D eigenvalue weighted by Crippen LogP contribution is 2.36. The van der Waals surface area contributed by atoms with E-state index in [1.807, 2.05) is 60.5 Å². The molecule has 1 fully saturated rings. The van der Waals surface area contributed by atoms with E-state index in [0.717, 1.165) is 16.7 Å². The summed E-state index contributed by atoms with van der Waals surface area (Å²) in [6.45, 7) is 3.51. The highest BCUT2D eigenvalue weighted by Gasteiger charge is 2.45. The van der Waals surface area contributed by atoms with Gasteiger partial charge < -0.3 is 10.2 Å². The Morgan fingerprint density at radius 3 is 2.45 bits per heavy atom. The van der Waals surface area contributed by atoms with Gasteiger partial charge in [-0.3, -0.25) is 14.6 Å². The predicted octanol–water partition coefficient (Wildman–Crippen LogP) is 3.96. The van der Waals surface area contributed by atoms with Crippen LogP contribution in [-0.4, -0.2) is 41.3 Å². The molecule has 0 aliphatic carbocycles. The number of aromatic nitrogens is 1. The second-order valence-corrected chi connectivity index (χ2v) is 8.10. The first-order chi connectivity index (χ1) is 15.1. The first-order valence-electron chi connectivity index (χ1n) is 10.7. The largest absolute Gasteiger partial charge is 0.356 e. The Bertz CT molecular complexity index is 1040. The average molecular weight is 414 g/mol. The van der Waals surface area contributed by atoms with Crippen LogP contribution in [-0.2, 0) is 11.2 Å². The van der Waals surface area contributed by atoms with Gasteiger partial charge in [-0.15, -0.1) is 0 Å². The molecule has 5 heteroatoms. The monoisotopic (exact) mass is 413 g/mol. The number of rotatable bonds is 6. The summed E-state index contributed by atoms with van der Waals surface area (Å²) in [7, 11) is 0. The minimum atomic E-state index is -0.615. The number of pyridine rings is 1. The standard InChI is InChI=1S/C26H27N3O2/c1-2-28-25(31)26(14-16-29(19-26)24(30)22-7-4-3-5-8-22)17-20-10-12-21(13-11-20)23-9-6-15-27-18-23/h3-13,15,18H,2,14,16-17,19H2,1H3,(H,28,31)/t26-/m0/s1. The number of nitrogens with zero attached hydrogens (tertiary/aromatic N) is 2. The Labute approximate surface area is 183 Å². The normalized spacial score (nSPS) is 18.0. The minimum Gasteiger partial charge on any atom is -0.356 e. The Hall–Kier alpha value is -3.47. The van der Waals surface area contributed by atoms with Crippen molar-refractivity contribution in [3.63, 3.8) is 0 Å². The molecule has 31 heavy (non-hydrogen) atoms. The third-order valence-electron chi connectivity index (χ3n) is 5.97. The Kier molecular flexibility index (Phi) is 6.12. The fourth-order valence-corrected chi connectivity index (χ4v) is 4.31. The average Bonchev–Trinajstić information content (AvgIpc) is 3.26. The number of hydrogen-bond donors (Lipinski definition) is 1. The van der Waals surface area contributed by atoms with Gasteiger partial charge >= 0.3 is 0 Å². The van der Waals surface area contributed by atoms with Gasteiger partial charge in [0.15, 0.2) is 0 Å². The van der Waals surface area contributed by atoms with Gasteiger partial charge in [-0.2, -0.15) is 0 Å². The summed E-state index contributed by atoms with van der Waals surface area (Å²) in [4.78, 5) is 32.1. The number of likely N-dealkylation sites (tertiary alicyclic amines) is 1. The summed E-state index contributed by atoms with van der Waals surface area (Å²) < 4.78 is 0. The number of nitrogens with one attached hydrogen (secondary N) is 1. The Morgan fingerprint density at radius 2 is 1.77 bits per heavy atom. The Balaban J connectivity index is 1.55. The van der Waals surface area contributed by atoms with Gasteiger partial charge in [0.1, 0.15) is 0 Å². The lowest BCUT2D eigenvalue weighted by atomic mass is 9.79. The van der Waals surface area contributed by atoms with Crippen LogP contribution in [0.5, 0.6) is 0 Å². The summed E-state index contributed by atoms with van der Waals surface area (Å²) in [5.41, 5.74) is 3.29. The van der Waals surface area contributed by atoms with E-state index in [-0.39, 0.29) is 11.8 Å². The molecule has 1 aliphatic rings. The molecule has 1 atom stereocenters. The lowest BCUT2D eigenvalue weighted by Crippen LogP contribution is -2.45. The molecule has 0 radical (unpaired) electrons. The molecule has 2 aromatic carbocycles. The fourth-order valence-electron chi connectivity index (χ4n) is 4.31. The van der Waals surface area contributed by atoms with Crippen LogP contribution in [0.15, 0.2) is 79.1 Å². The highest BCUT2D eigenvalue weighted by molar-refractivity contribution is 5.95. The van der Waals surface area contributed by atoms with Crippen molar-refractivity contribution in [3.8, 4) is 11.1 Å². The van der Waals surface area contributed by atoms with Crippen molar-refractivity contribution >= 4 is 11.8 Å². The highest BCUT2D eigenvalue weighted by atomic mass is 16.2. The second-order valence-electron chi connectivity index (χ2n) is 8.10. The zero-order valence-electron chi connectivity index (χ0n) is 17.8. The van der Waals surface area contributed by atoms with E-state index >= 15 is 0 Å². The number of hydrogen-bond acceptors (Lipinski definition) is 3. The molecule has 158 valence electrons. The number of carbonyl (C=O) groups excluding carboxylic acids is 2. The third kappa shape index (κ3) is 4.50. The molecular weight excluding hydrogens is 386 g/mol. The molecule has 5 nitrogen and oxygen atoms in total. The van der Waals surface area contributed by atoms with Crippen molar-refractivity contribution in [2.45, 2.75) is 19.8 Å². The molecule has 3 aromatic rings. The van der Waals surface area contributed by atoms with Crippen LogP contribution >= 0.6 is 0 Å². The molecular formula is C26H27N3O2. The van der Waals surface area contributed by atoms with Crippen molar-refractivity contribution in [3.05, 3.63) is 90.3 Å². The van der Waals surface area contributed by atoms with E-state index in [1.54, 1.807) is 6.20 Å². The zero-order valence-corrected chi connectivity index (χ0v) is 17.8. The zero-order chi connectivity index (χ0) is 21.7. The third-order valence-corrected chi connectivity index (χ3v) is 5.97. The molecule has 0 saturated carbocycles. The molecule has 0 bridgehead atoms. The van der Waals surface area contributed by atoms with Crippen molar-refractivity contribution in [1.82, 2.24) is 15.2 Å². The van der Waals surface area contributed by atoms with Crippen LogP contribution in [0.1, 0.15) is 29.3 Å². The summed E-state index contributed by atoms with van der Waals surface area (Å²) in [6.07, 6.45) is 4.86. The van der Waals surface area contributed by atoms with Gasteiger partial charge in [-0.25, -0.2) is 0 Å².